The van der Waals surface area contributed by atoms with E-state index in [1.54, 1.807) is 6.20 Å². The maximum absolute atomic E-state index is 5.47. The second kappa shape index (κ2) is 6.00. The number of nitrogens with zero attached hydrogens (tertiary/aromatic N) is 1. The zero-order chi connectivity index (χ0) is 9.52. The van der Waals surface area contributed by atoms with E-state index in [0.29, 0.717) is 5.25 Å². The predicted octanol–water partition coefficient (Wildman–Crippen LogP) is 2.05. The maximum Gasteiger partial charge on any atom is 0.0308 e. The molecule has 0 spiro atoms. The number of rotatable bonds is 5. The van der Waals surface area contributed by atoms with Crippen molar-refractivity contribution in [1.29, 1.82) is 0 Å². The van der Waals surface area contributed by atoms with Crippen LogP contribution < -0.4 is 5.73 Å². The van der Waals surface area contributed by atoms with Gasteiger partial charge in [0, 0.05) is 23.4 Å². The van der Waals surface area contributed by atoms with Crippen LogP contribution >= 0.6 is 11.8 Å². The van der Waals surface area contributed by atoms with Crippen LogP contribution in [0.3, 0.4) is 0 Å². The van der Waals surface area contributed by atoms with Crippen molar-refractivity contribution in [2.45, 2.75) is 24.3 Å². The molecule has 1 unspecified atom stereocenters. The van der Waals surface area contributed by atoms with Gasteiger partial charge in [-0.1, -0.05) is 13.0 Å². The van der Waals surface area contributed by atoms with Crippen molar-refractivity contribution in [3.8, 4) is 0 Å². The number of pyridine rings is 1. The van der Waals surface area contributed by atoms with Gasteiger partial charge in [0.25, 0.3) is 0 Å². The largest absolute Gasteiger partial charge is 0.330 e. The van der Waals surface area contributed by atoms with Crippen LogP contribution in [0.2, 0.25) is 0 Å². The van der Waals surface area contributed by atoms with Gasteiger partial charge >= 0.3 is 0 Å². The van der Waals surface area contributed by atoms with E-state index in [4.69, 9.17) is 5.73 Å². The molecule has 1 aromatic heterocycles. The third kappa shape index (κ3) is 4.29. The molecule has 0 amide bonds. The first-order chi connectivity index (χ1) is 6.33. The molecule has 1 rings (SSSR count). The minimum absolute atomic E-state index is 0.644. The van der Waals surface area contributed by atoms with Gasteiger partial charge in [-0.15, -0.1) is 0 Å². The van der Waals surface area contributed by atoms with Crippen molar-refractivity contribution in [2.24, 2.45) is 5.73 Å². The molecular formula is C10H16N2S. The highest BCUT2D eigenvalue weighted by atomic mass is 32.2. The van der Waals surface area contributed by atoms with E-state index in [1.807, 2.05) is 24.0 Å². The summed E-state index contributed by atoms with van der Waals surface area (Å²) in [4.78, 5) is 4.07. The highest BCUT2D eigenvalue weighted by molar-refractivity contribution is 7.99. The number of nitrogens with two attached hydrogens (primary N) is 1. The Bertz CT molecular complexity index is 226. The van der Waals surface area contributed by atoms with Crippen LogP contribution in [0.4, 0.5) is 0 Å². The quantitative estimate of drug-likeness (QED) is 0.783. The molecule has 1 heterocycles. The number of hydrogen-bond acceptors (Lipinski definition) is 3. The average Bonchev–Trinajstić information content (AvgIpc) is 2.17. The van der Waals surface area contributed by atoms with Crippen molar-refractivity contribution >= 4 is 11.8 Å². The monoisotopic (exact) mass is 196 g/mol. The molecule has 0 aliphatic carbocycles. The Kier molecular flexibility index (Phi) is 4.86. The Hall–Kier alpha value is -0.540. The summed E-state index contributed by atoms with van der Waals surface area (Å²) in [7, 11) is 0. The van der Waals surface area contributed by atoms with E-state index >= 15 is 0 Å². The summed E-state index contributed by atoms with van der Waals surface area (Å²) in [5, 5.41) is 0.644. The first kappa shape index (κ1) is 10.5. The fraction of sp³-hybridized carbons (Fsp3) is 0.500. The summed E-state index contributed by atoms with van der Waals surface area (Å²) in [5.41, 5.74) is 6.76. The first-order valence-electron chi connectivity index (χ1n) is 4.53. The van der Waals surface area contributed by atoms with Crippen LogP contribution in [0, 0.1) is 0 Å². The van der Waals surface area contributed by atoms with Crippen molar-refractivity contribution < 1.29 is 0 Å². The molecular weight excluding hydrogens is 180 g/mol. The zero-order valence-corrected chi connectivity index (χ0v) is 8.76. The fourth-order valence-electron chi connectivity index (χ4n) is 1.04. The van der Waals surface area contributed by atoms with Gasteiger partial charge in [-0.25, -0.2) is 0 Å². The molecule has 0 aromatic carbocycles. The summed E-state index contributed by atoms with van der Waals surface area (Å²) < 4.78 is 0. The molecule has 0 bridgehead atoms. The Labute approximate surface area is 83.9 Å². The number of hydrogen-bond donors (Lipinski definition) is 1. The van der Waals surface area contributed by atoms with Crippen LogP contribution in [0.15, 0.2) is 24.5 Å². The molecule has 72 valence electrons. The van der Waals surface area contributed by atoms with Gasteiger partial charge in [0.1, 0.15) is 0 Å². The third-order valence-corrected chi connectivity index (χ3v) is 3.14. The van der Waals surface area contributed by atoms with Gasteiger partial charge in [0.15, 0.2) is 0 Å². The van der Waals surface area contributed by atoms with Crippen molar-refractivity contribution in [3.63, 3.8) is 0 Å². The lowest BCUT2D eigenvalue weighted by Gasteiger charge is -2.08. The van der Waals surface area contributed by atoms with E-state index in [1.165, 1.54) is 5.56 Å². The van der Waals surface area contributed by atoms with Crippen molar-refractivity contribution in [2.75, 3.05) is 6.54 Å². The SMILES string of the molecule is CC(CCN)SCc1cccnc1. The van der Waals surface area contributed by atoms with Crippen LogP contribution in [0.5, 0.6) is 0 Å². The molecule has 0 saturated heterocycles. The molecule has 13 heavy (non-hydrogen) atoms. The molecule has 0 saturated carbocycles. The summed E-state index contributed by atoms with van der Waals surface area (Å²) in [5.74, 6) is 1.04. The Balaban J connectivity index is 2.27. The molecule has 0 aliphatic heterocycles. The molecule has 2 nitrogen and oxygen atoms in total. The number of aromatic nitrogens is 1. The maximum atomic E-state index is 5.47. The van der Waals surface area contributed by atoms with Crippen molar-refractivity contribution in [1.82, 2.24) is 4.98 Å². The molecule has 1 atom stereocenters. The molecule has 1 aromatic rings. The van der Waals surface area contributed by atoms with Gasteiger partial charge in [-0.3, -0.25) is 4.98 Å². The molecule has 0 aliphatic rings. The van der Waals surface area contributed by atoms with E-state index in [0.717, 1.165) is 18.7 Å². The van der Waals surface area contributed by atoms with Gasteiger partial charge in [0.2, 0.25) is 0 Å². The van der Waals surface area contributed by atoms with E-state index in [2.05, 4.69) is 18.0 Å². The number of thioether (sulfide) groups is 1. The lowest BCUT2D eigenvalue weighted by Crippen LogP contribution is -2.07. The molecule has 3 heteroatoms. The van der Waals surface area contributed by atoms with E-state index in [9.17, 15) is 0 Å². The van der Waals surface area contributed by atoms with Crippen molar-refractivity contribution in [3.05, 3.63) is 30.1 Å². The highest BCUT2D eigenvalue weighted by Crippen LogP contribution is 2.18. The summed E-state index contributed by atoms with van der Waals surface area (Å²) in [6.07, 6.45) is 4.81. The van der Waals surface area contributed by atoms with Gasteiger partial charge in [0.05, 0.1) is 0 Å². The second-order valence-electron chi connectivity index (χ2n) is 3.06. The second-order valence-corrected chi connectivity index (χ2v) is 4.49. The fourth-order valence-corrected chi connectivity index (χ4v) is 1.99. The average molecular weight is 196 g/mol. The predicted molar refractivity (Wildman–Crippen MR) is 58.7 cm³/mol. The molecule has 2 N–H and O–H groups in total. The minimum atomic E-state index is 0.644. The topological polar surface area (TPSA) is 38.9 Å². The van der Waals surface area contributed by atoms with Crippen LogP contribution in [0.1, 0.15) is 18.9 Å². The summed E-state index contributed by atoms with van der Waals surface area (Å²) in [6, 6.07) is 4.08. The van der Waals surface area contributed by atoms with E-state index in [-0.39, 0.29) is 0 Å². The zero-order valence-electron chi connectivity index (χ0n) is 7.94. The van der Waals surface area contributed by atoms with Crippen LogP contribution in [-0.2, 0) is 5.75 Å². The summed E-state index contributed by atoms with van der Waals surface area (Å²) in [6.45, 7) is 3.00. The van der Waals surface area contributed by atoms with Crippen LogP contribution in [0.25, 0.3) is 0 Å². The first-order valence-corrected chi connectivity index (χ1v) is 5.58. The lowest BCUT2D eigenvalue weighted by atomic mass is 10.3. The Morgan fingerprint density at radius 2 is 2.46 bits per heavy atom. The molecule has 0 radical (unpaired) electrons. The van der Waals surface area contributed by atoms with Crippen LogP contribution in [-0.4, -0.2) is 16.8 Å². The Morgan fingerprint density at radius 1 is 1.62 bits per heavy atom. The third-order valence-electron chi connectivity index (χ3n) is 1.83. The Morgan fingerprint density at radius 3 is 3.08 bits per heavy atom. The summed E-state index contributed by atoms with van der Waals surface area (Å²) >= 11 is 1.93. The van der Waals surface area contributed by atoms with Gasteiger partial charge in [-0.2, -0.15) is 11.8 Å². The molecule has 0 fully saturated rings. The normalized spacial score (nSPS) is 12.8. The van der Waals surface area contributed by atoms with Gasteiger partial charge in [-0.05, 0) is 24.6 Å². The van der Waals surface area contributed by atoms with E-state index < -0.39 is 0 Å². The highest BCUT2D eigenvalue weighted by Gasteiger charge is 2.01. The standard InChI is InChI=1S/C10H16N2S/c1-9(4-5-11)13-8-10-3-2-6-12-7-10/h2-3,6-7,9H,4-5,8,11H2,1H3. The smallest absolute Gasteiger partial charge is 0.0308 e. The lowest BCUT2D eigenvalue weighted by molar-refractivity contribution is 0.823. The minimum Gasteiger partial charge on any atom is -0.330 e. The van der Waals surface area contributed by atoms with Gasteiger partial charge < -0.3 is 5.73 Å².